The summed E-state index contributed by atoms with van der Waals surface area (Å²) in [5.41, 5.74) is 8.55. The van der Waals surface area contributed by atoms with E-state index in [1.54, 1.807) is 35.9 Å². The Morgan fingerprint density at radius 3 is 2.94 bits per heavy atom. The molecule has 0 bridgehead atoms. The number of carbonyl (C=O) groups excluding carboxylic acids is 1. The first kappa shape index (κ1) is 23.1. The summed E-state index contributed by atoms with van der Waals surface area (Å²) in [6.45, 7) is 1.79. The lowest BCUT2D eigenvalue weighted by Crippen LogP contribution is -2.32. The molecule has 4 aromatic heterocycles. The minimum absolute atomic E-state index is 0.0505. The first-order valence-electron chi connectivity index (χ1n) is 10.9. The van der Waals surface area contributed by atoms with E-state index in [4.69, 9.17) is 17.3 Å². The number of nitrogens with two attached hydrogens (primary N) is 1. The number of nitriles is 1. The van der Waals surface area contributed by atoms with Gasteiger partial charge in [-0.3, -0.25) is 9.20 Å². The molecule has 0 saturated carbocycles. The largest absolute Gasteiger partial charge is 0.381 e. The Morgan fingerprint density at radius 1 is 1.40 bits per heavy atom. The summed E-state index contributed by atoms with van der Waals surface area (Å²) in [7, 11) is -3.16. The van der Waals surface area contributed by atoms with Crippen LogP contribution in [0.3, 0.4) is 0 Å². The number of amides is 1. The lowest BCUT2D eigenvalue weighted by atomic mass is 9.91. The van der Waals surface area contributed by atoms with Gasteiger partial charge in [0.25, 0.3) is 5.91 Å². The Bertz CT molecular complexity index is 1640. The van der Waals surface area contributed by atoms with E-state index >= 15 is 0 Å². The minimum atomic E-state index is -3.16. The van der Waals surface area contributed by atoms with Crippen molar-refractivity contribution >= 4 is 44.3 Å². The Labute approximate surface area is 205 Å². The van der Waals surface area contributed by atoms with Gasteiger partial charge < -0.3 is 11.1 Å². The number of fused-ring (bicyclic) bond motifs is 2. The molecular weight excluding hydrogens is 492 g/mol. The van der Waals surface area contributed by atoms with E-state index in [1.807, 2.05) is 6.07 Å². The molecule has 4 aromatic rings. The van der Waals surface area contributed by atoms with Crippen LogP contribution in [-0.4, -0.2) is 49.3 Å². The quantitative estimate of drug-likeness (QED) is 0.420. The van der Waals surface area contributed by atoms with E-state index in [-0.39, 0.29) is 35.3 Å². The lowest BCUT2D eigenvalue weighted by Gasteiger charge is -2.29. The molecule has 2 unspecified atom stereocenters. The molecule has 5 heterocycles. The molecule has 0 spiro atoms. The number of sulfone groups is 1. The van der Waals surface area contributed by atoms with Gasteiger partial charge in [-0.05, 0) is 37.5 Å². The third-order valence-electron chi connectivity index (χ3n) is 6.44. The van der Waals surface area contributed by atoms with Gasteiger partial charge in [0.15, 0.2) is 27.0 Å². The molecule has 180 valence electrons. The standard InChI is InChI=1S/C22H21ClN8O3S/c1-12-7-13(3-6-35(12,33)34)18-14(8-15(23)19-16(9-24)28-11-30(18)19)10-27-22(32)17-20(25)29-31-5-2-4-26-21(17)31/h2,4-5,8,11-13H,3,6-7,10H2,1H3,(H2,25,29)(H,27,32). The van der Waals surface area contributed by atoms with Crippen LogP contribution in [0.15, 0.2) is 30.9 Å². The van der Waals surface area contributed by atoms with Gasteiger partial charge >= 0.3 is 0 Å². The number of anilines is 1. The van der Waals surface area contributed by atoms with Crippen molar-refractivity contribution in [2.75, 3.05) is 11.5 Å². The first-order chi connectivity index (χ1) is 16.7. The van der Waals surface area contributed by atoms with E-state index in [2.05, 4.69) is 20.4 Å². The number of nitrogens with zero attached hydrogens (tertiary/aromatic N) is 6. The normalized spacial score (nSPS) is 19.6. The number of pyridine rings is 1. The van der Waals surface area contributed by atoms with Crippen LogP contribution in [0.2, 0.25) is 5.02 Å². The Kier molecular flexibility index (Phi) is 5.61. The predicted octanol–water partition coefficient (Wildman–Crippen LogP) is 2.09. The van der Waals surface area contributed by atoms with Crippen molar-refractivity contribution in [3.05, 3.63) is 58.4 Å². The highest BCUT2D eigenvalue weighted by Gasteiger charge is 2.34. The van der Waals surface area contributed by atoms with Gasteiger partial charge in [-0.2, -0.15) is 5.26 Å². The smallest absolute Gasteiger partial charge is 0.259 e. The summed E-state index contributed by atoms with van der Waals surface area (Å²) >= 11 is 6.53. The highest BCUT2D eigenvalue weighted by Crippen LogP contribution is 2.37. The van der Waals surface area contributed by atoms with Crippen molar-refractivity contribution in [3.8, 4) is 6.07 Å². The molecule has 2 atom stereocenters. The summed E-state index contributed by atoms with van der Waals surface area (Å²) in [4.78, 5) is 21.5. The van der Waals surface area contributed by atoms with Crippen LogP contribution in [0.4, 0.5) is 5.82 Å². The Balaban J connectivity index is 1.54. The van der Waals surface area contributed by atoms with Crippen molar-refractivity contribution in [1.82, 2.24) is 29.3 Å². The molecule has 1 fully saturated rings. The molecule has 3 N–H and O–H groups in total. The maximum Gasteiger partial charge on any atom is 0.259 e. The van der Waals surface area contributed by atoms with Crippen molar-refractivity contribution in [3.63, 3.8) is 0 Å². The van der Waals surface area contributed by atoms with E-state index in [0.717, 1.165) is 5.69 Å². The number of rotatable bonds is 4. The number of carbonyl (C=O) groups is 1. The third-order valence-corrected chi connectivity index (χ3v) is 8.96. The highest BCUT2D eigenvalue weighted by molar-refractivity contribution is 7.92. The zero-order valence-electron chi connectivity index (χ0n) is 18.6. The summed E-state index contributed by atoms with van der Waals surface area (Å²) in [5, 5.41) is 16.3. The third kappa shape index (κ3) is 3.86. The monoisotopic (exact) mass is 512 g/mol. The molecule has 0 radical (unpaired) electrons. The van der Waals surface area contributed by atoms with E-state index in [0.29, 0.717) is 34.6 Å². The zero-order chi connectivity index (χ0) is 24.9. The fourth-order valence-corrected chi connectivity index (χ4v) is 6.55. The summed E-state index contributed by atoms with van der Waals surface area (Å²) in [5.74, 6) is -0.487. The van der Waals surface area contributed by atoms with Crippen LogP contribution in [-0.2, 0) is 16.4 Å². The Hall–Kier alpha value is -3.69. The zero-order valence-corrected chi connectivity index (χ0v) is 20.2. The highest BCUT2D eigenvalue weighted by atomic mass is 35.5. The van der Waals surface area contributed by atoms with Crippen LogP contribution < -0.4 is 11.1 Å². The van der Waals surface area contributed by atoms with Gasteiger partial charge in [0, 0.05) is 30.6 Å². The first-order valence-corrected chi connectivity index (χ1v) is 13.0. The van der Waals surface area contributed by atoms with Gasteiger partial charge in [-0.15, -0.1) is 5.10 Å². The van der Waals surface area contributed by atoms with Crippen LogP contribution in [0, 0.1) is 11.3 Å². The number of halogens is 1. The molecular formula is C22H21ClN8O3S. The Morgan fingerprint density at radius 2 is 2.20 bits per heavy atom. The number of hydrogen-bond acceptors (Lipinski definition) is 8. The van der Waals surface area contributed by atoms with Crippen molar-refractivity contribution in [2.24, 2.45) is 0 Å². The average molecular weight is 513 g/mol. The second-order valence-electron chi connectivity index (χ2n) is 8.56. The molecule has 1 aliphatic rings. The fourth-order valence-electron chi connectivity index (χ4n) is 4.70. The maximum atomic E-state index is 13.1. The van der Waals surface area contributed by atoms with E-state index < -0.39 is 21.0 Å². The molecule has 35 heavy (non-hydrogen) atoms. The number of nitrogen functional groups attached to an aromatic ring is 1. The SMILES string of the molecule is CC1CC(c2c(CNC(=O)c3c(N)nn4cccnc34)cc(Cl)c3c(C#N)ncn23)CCS1(=O)=O. The summed E-state index contributed by atoms with van der Waals surface area (Å²) in [6, 6.07) is 5.41. The molecule has 5 rings (SSSR count). The number of imidazole rings is 1. The molecule has 1 saturated heterocycles. The topological polar surface area (TPSA) is 161 Å². The predicted molar refractivity (Wildman–Crippen MR) is 129 cm³/mol. The number of hydrogen-bond donors (Lipinski definition) is 2. The van der Waals surface area contributed by atoms with Gasteiger partial charge in [0.05, 0.1) is 16.0 Å². The lowest BCUT2D eigenvalue weighted by molar-refractivity contribution is 0.0953. The van der Waals surface area contributed by atoms with Crippen molar-refractivity contribution in [2.45, 2.75) is 37.5 Å². The molecule has 0 aromatic carbocycles. The minimum Gasteiger partial charge on any atom is -0.381 e. The van der Waals surface area contributed by atoms with E-state index in [9.17, 15) is 18.5 Å². The number of aromatic nitrogens is 5. The van der Waals surface area contributed by atoms with Crippen molar-refractivity contribution in [1.29, 1.82) is 5.26 Å². The van der Waals surface area contributed by atoms with Crippen LogP contribution in [0.25, 0.3) is 11.2 Å². The maximum absolute atomic E-state index is 13.1. The van der Waals surface area contributed by atoms with Gasteiger partial charge in [-0.1, -0.05) is 11.6 Å². The second kappa shape index (κ2) is 8.51. The fraction of sp³-hybridized carbons (Fsp3) is 0.318. The average Bonchev–Trinajstić information content (AvgIpc) is 3.40. The molecule has 11 nitrogen and oxygen atoms in total. The van der Waals surface area contributed by atoms with Gasteiger partial charge in [-0.25, -0.2) is 22.9 Å². The van der Waals surface area contributed by atoms with Gasteiger partial charge in [0.2, 0.25) is 0 Å². The van der Waals surface area contributed by atoms with Gasteiger partial charge in [0.1, 0.15) is 23.5 Å². The van der Waals surface area contributed by atoms with Crippen LogP contribution in [0.1, 0.15) is 53.0 Å². The second-order valence-corrected chi connectivity index (χ2v) is 11.5. The molecule has 1 aliphatic heterocycles. The number of nitrogens with one attached hydrogen (secondary N) is 1. The van der Waals surface area contributed by atoms with Crippen LogP contribution >= 0.6 is 11.6 Å². The molecule has 13 heteroatoms. The van der Waals surface area contributed by atoms with Crippen molar-refractivity contribution < 1.29 is 13.2 Å². The molecule has 0 aliphatic carbocycles. The molecule has 1 amide bonds. The van der Waals surface area contributed by atoms with E-state index in [1.165, 1.54) is 10.8 Å². The summed E-state index contributed by atoms with van der Waals surface area (Å²) < 4.78 is 27.8. The summed E-state index contributed by atoms with van der Waals surface area (Å²) in [6.07, 6.45) is 5.52. The van der Waals surface area contributed by atoms with Crippen LogP contribution in [0.5, 0.6) is 0 Å².